The van der Waals surface area contributed by atoms with Crippen LogP contribution in [0.1, 0.15) is 60.8 Å². The van der Waals surface area contributed by atoms with E-state index >= 15 is 0 Å². The molecule has 3 heteroatoms. The third-order valence-electron chi connectivity index (χ3n) is 10.0. The molecule has 1 fully saturated rings. The first-order valence-electron chi connectivity index (χ1n) is 14.8. The Morgan fingerprint density at radius 1 is 0.500 bits per heavy atom. The summed E-state index contributed by atoms with van der Waals surface area (Å²) in [6, 6.07) is 35.7. The fourth-order valence-electron chi connectivity index (χ4n) is 8.63. The van der Waals surface area contributed by atoms with Gasteiger partial charge in [-0.25, -0.2) is 0 Å². The highest BCUT2D eigenvalue weighted by Gasteiger charge is 2.55. The molecule has 0 spiro atoms. The molecule has 3 aliphatic rings. The lowest BCUT2D eigenvalue weighted by Crippen LogP contribution is -2.51. The second kappa shape index (κ2) is 9.99. The maximum atomic E-state index is 10.0. The Balaban J connectivity index is 1.38. The molecule has 0 atom stereocenters. The highest BCUT2D eigenvalue weighted by molar-refractivity contribution is 5.82. The van der Waals surface area contributed by atoms with E-state index in [1.807, 2.05) is 0 Å². The Hall–Kier alpha value is -3.24. The number of rotatable bonds is 10. The first-order valence-corrected chi connectivity index (χ1v) is 14.8. The van der Waals surface area contributed by atoms with Crippen LogP contribution >= 0.6 is 0 Å². The van der Waals surface area contributed by atoms with Gasteiger partial charge in [0.15, 0.2) is 0 Å². The average Bonchev–Trinajstić information content (AvgIpc) is 3.42. The largest absolute Gasteiger partial charge is 0.396 e. The van der Waals surface area contributed by atoms with E-state index in [9.17, 15) is 10.2 Å². The van der Waals surface area contributed by atoms with Crippen LogP contribution in [0.2, 0.25) is 0 Å². The molecule has 0 amide bonds. The fourth-order valence-corrected chi connectivity index (χ4v) is 8.63. The lowest BCUT2D eigenvalue weighted by Gasteiger charge is -2.52. The smallest absolute Gasteiger partial charge is 0.0545 e. The van der Waals surface area contributed by atoms with Gasteiger partial charge in [0.25, 0.3) is 0 Å². The third kappa shape index (κ3) is 3.75. The molecule has 1 saturated heterocycles. The van der Waals surface area contributed by atoms with Crippen LogP contribution in [-0.4, -0.2) is 36.6 Å². The minimum Gasteiger partial charge on any atom is -0.396 e. The van der Waals surface area contributed by atoms with Gasteiger partial charge in [-0.05, 0) is 83.0 Å². The van der Waals surface area contributed by atoms with Crippen LogP contribution in [0.5, 0.6) is 0 Å². The molecule has 4 aromatic carbocycles. The zero-order chi connectivity index (χ0) is 27.2. The number of hydrogen-bond donors (Lipinski definition) is 2. The molecule has 7 rings (SSSR count). The molecule has 1 heterocycles. The Bertz CT molecular complexity index is 1330. The molecule has 40 heavy (non-hydrogen) atoms. The average molecular weight is 531 g/mol. The zero-order valence-electron chi connectivity index (χ0n) is 23.1. The van der Waals surface area contributed by atoms with Crippen molar-refractivity contribution < 1.29 is 14.9 Å². The van der Waals surface area contributed by atoms with E-state index in [2.05, 4.69) is 97.1 Å². The summed E-state index contributed by atoms with van der Waals surface area (Å²) in [4.78, 5) is 0. The maximum absolute atomic E-state index is 10.0. The Labute approximate surface area is 237 Å². The SMILES string of the molecule is OCCCC1(CC2(CC3(CCCO)c4ccccc4-c4ccccc43)COC2)c2ccccc2-c2ccccc21. The van der Waals surface area contributed by atoms with Gasteiger partial charge in [0.05, 0.1) is 13.2 Å². The van der Waals surface area contributed by atoms with Crippen molar-refractivity contribution in [3.8, 4) is 22.3 Å². The molecular formula is C37H38O3. The molecule has 0 bridgehead atoms. The van der Waals surface area contributed by atoms with Gasteiger partial charge >= 0.3 is 0 Å². The minimum absolute atomic E-state index is 0.0277. The highest BCUT2D eigenvalue weighted by atomic mass is 16.5. The van der Waals surface area contributed by atoms with Crippen molar-refractivity contribution in [2.75, 3.05) is 26.4 Å². The van der Waals surface area contributed by atoms with Crippen LogP contribution in [0.4, 0.5) is 0 Å². The van der Waals surface area contributed by atoms with Crippen molar-refractivity contribution in [1.29, 1.82) is 0 Å². The second-order valence-corrected chi connectivity index (χ2v) is 12.3. The summed E-state index contributed by atoms with van der Waals surface area (Å²) in [6.07, 6.45) is 5.33. The Morgan fingerprint density at radius 3 is 1.10 bits per heavy atom. The molecule has 3 nitrogen and oxygen atoms in total. The van der Waals surface area contributed by atoms with Gasteiger partial charge < -0.3 is 14.9 Å². The Kier molecular flexibility index (Phi) is 6.42. The minimum atomic E-state index is -0.171. The number of ether oxygens (including phenoxy) is 1. The quantitative estimate of drug-likeness (QED) is 0.227. The summed E-state index contributed by atoms with van der Waals surface area (Å²) in [5.41, 5.74) is 10.5. The first kappa shape index (κ1) is 25.7. The summed E-state index contributed by atoms with van der Waals surface area (Å²) in [7, 11) is 0. The number of fused-ring (bicyclic) bond motifs is 6. The first-order chi connectivity index (χ1) is 19.7. The van der Waals surface area contributed by atoms with Gasteiger partial charge in [0.1, 0.15) is 0 Å². The molecule has 4 aromatic rings. The summed E-state index contributed by atoms with van der Waals surface area (Å²) >= 11 is 0. The molecular weight excluding hydrogens is 492 g/mol. The summed E-state index contributed by atoms with van der Waals surface area (Å²) < 4.78 is 6.11. The number of aliphatic hydroxyl groups excluding tert-OH is 2. The van der Waals surface area contributed by atoms with Gasteiger partial charge in [-0.1, -0.05) is 97.1 Å². The van der Waals surface area contributed by atoms with Gasteiger partial charge in [-0.3, -0.25) is 0 Å². The topological polar surface area (TPSA) is 49.7 Å². The Morgan fingerprint density at radius 2 is 0.825 bits per heavy atom. The van der Waals surface area contributed by atoms with Crippen LogP contribution in [0.15, 0.2) is 97.1 Å². The zero-order valence-corrected chi connectivity index (χ0v) is 23.1. The second-order valence-electron chi connectivity index (χ2n) is 12.3. The van der Waals surface area contributed by atoms with Gasteiger partial charge in [-0.2, -0.15) is 0 Å². The van der Waals surface area contributed by atoms with Crippen LogP contribution in [-0.2, 0) is 15.6 Å². The van der Waals surface area contributed by atoms with E-state index in [0.29, 0.717) is 0 Å². The van der Waals surface area contributed by atoms with Gasteiger partial charge in [0.2, 0.25) is 0 Å². The molecule has 0 radical (unpaired) electrons. The molecule has 0 unspecified atom stereocenters. The number of benzene rings is 4. The lowest BCUT2D eigenvalue weighted by atomic mass is 9.57. The van der Waals surface area contributed by atoms with E-state index in [4.69, 9.17) is 4.74 Å². The van der Waals surface area contributed by atoms with Crippen molar-refractivity contribution in [3.63, 3.8) is 0 Å². The van der Waals surface area contributed by atoms with E-state index in [1.165, 1.54) is 44.5 Å². The van der Waals surface area contributed by atoms with Gasteiger partial charge in [0, 0.05) is 29.5 Å². The van der Waals surface area contributed by atoms with Crippen LogP contribution in [0, 0.1) is 5.41 Å². The standard InChI is InChI=1S/C37H38O3/c38-21-9-19-36(31-15-5-1-11-27(31)28-12-2-6-16-32(28)36)23-35(25-40-26-35)24-37(20-10-22-39)33-17-7-3-13-29(33)30-14-4-8-18-34(30)37/h1-8,11-18,38-39H,9-10,19-26H2. The predicted molar refractivity (Wildman–Crippen MR) is 160 cm³/mol. The van der Waals surface area contributed by atoms with E-state index in [-0.39, 0.29) is 29.5 Å². The van der Waals surface area contributed by atoms with Crippen molar-refractivity contribution >= 4 is 0 Å². The van der Waals surface area contributed by atoms with Crippen LogP contribution in [0.3, 0.4) is 0 Å². The van der Waals surface area contributed by atoms with Crippen molar-refractivity contribution in [2.45, 2.75) is 49.4 Å². The summed E-state index contributed by atoms with van der Waals surface area (Å²) in [5, 5.41) is 20.1. The monoisotopic (exact) mass is 530 g/mol. The van der Waals surface area contributed by atoms with E-state index in [0.717, 1.165) is 51.7 Å². The molecule has 204 valence electrons. The number of hydrogen-bond acceptors (Lipinski definition) is 3. The maximum Gasteiger partial charge on any atom is 0.0545 e. The summed E-state index contributed by atoms with van der Waals surface area (Å²) in [6.45, 7) is 1.86. The molecule has 1 aliphatic heterocycles. The van der Waals surface area contributed by atoms with Crippen molar-refractivity contribution in [2.24, 2.45) is 5.41 Å². The van der Waals surface area contributed by atoms with Crippen LogP contribution in [0.25, 0.3) is 22.3 Å². The third-order valence-corrected chi connectivity index (χ3v) is 10.0. The lowest BCUT2D eigenvalue weighted by molar-refractivity contribution is -0.138. The molecule has 0 aromatic heterocycles. The van der Waals surface area contributed by atoms with Crippen molar-refractivity contribution in [3.05, 3.63) is 119 Å². The number of aliphatic hydroxyl groups is 2. The molecule has 2 N–H and O–H groups in total. The highest BCUT2D eigenvalue weighted by Crippen LogP contribution is 2.62. The fraction of sp³-hybridized carbons (Fsp3) is 0.351. The van der Waals surface area contributed by atoms with Crippen LogP contribution < -0.4 is 0 Å². The molecule has 0 saturated carbocycles. The van der Waals surface area contributed by atoms with Crippen molar-refractivity contribution in [1.82, 2.24) is 0 Å². The summed E-state index contributed by atoms with van der Waals surface area (Å²) in [5.74, 6) is 0. The molecule has 2 aliphatic carbocycles. The van der Waals surface area contributed by atoms with Gasteiger partial charge in [-0.15, -0.1) is 0 Å². The van der Waals surface area contributed by atoms with E-state index in [1.54, 1.807) is 0 Å². The predicted octanol–water partition coefficient (Wildman–Crippen LogP) is 7.26. The van der Waals surface area contributed by atoms with E-state index < -0.39 is 0 Å². The normalized spacial score (nSPS) is 18.4.